The Balaban J connectivity index is 2.18. The summed E-state index contributed by atoms with van der Waals surface area (Å²) in [5, 5.41) is 0. The molecule has 92 valence electrons. The van der Waals surface area contributed by atoms with Gasteiger partial charge in [-0.2, -0.15) is 0 Å². The molecule has 4 nitrogen and oxygen atoms in total. The lowest BCUT2D eigenvalue weighted by Crippen LogP contribution is -2.00. The summed E-state index contributed by atoms with van der Waals surface area (Å²) in [7, 11) is 0. The molecule has 3 heterocycles. The highest BCUT2D eigenvalue weighted by Crippen LogP contribution is 2.19. The third-order valence-electron chi connectivity index (χ3n) is 3.02. The van der Waals surface area contributed by atoms with Gasteiger partial charge in [-0.3, -0.25) is 4.57 Å². The van der Waals surface area contributed by atoms with E-state index in [-0.39, 0.29) is 0 Å². The molecule has 0 unspecified atom stereocenters. The fourth-order valence-corrected chi connectivity index (χ4v) is 2.96. The predicted molar refractivity (Wildman–Crippen MR) is 75.6 cm³/mol. The van der Waals surface area contributed by atoms with Crippen LogP contribution in [-0.4, -0.2) is 19.5 Å². The van der Waals surface area contributed by atoms with Gasteiger partial charge >= 0.3 is 0 Å². The van der Waals surface area contributed by atoms with Crippen LogP contribution in [-0.2, 0) is 6.54 Å². The Bertz CT molecular complexity index is 766. The summed E-state index contributed by atoms with van der Waals surface area (Å²) < 4.78 is 2.73. The number of nitrogens with zero attached hydrogens (tertiary/aromatic N) is 3. The number of rotatable bonds is 2. The highest BCUT2D eigenvalue weighted by atomic mass is 32.1. The van der Waals surface area contributed by atoms with Crippen LogP contribution in [0.15, 0.2) is 17.8 Å². The molecule has 0 amide bonds. The highest BCUT2D eigenvalue weighted by molar-refractivity contribution is 7.71. The summed E-state index contributed by atoms with van der Waals surface area (Å²) >= 11 is 7.03. The first-order valence-electron chi connectivity index (χ1n) is 5.60. The quantitative estimate of drug-likeness (QED) is 0.731. The number of aromatic nitrogens is 4. The van der Waals surface area contributed by atoms with Gasteiger partial charge in [-0.05, 0) is 37.7 Å². The molecule has 0 saturated heterocycles. The van der Waals surface area contributed by atoms with E-state index in [1.807, 2.05) is 29.3 Å². The third kappa shape index (κ3) is 1.77. The second-order valence-corrected chi connectivity index (χ2v) is 5.53. The van der Waals surface area contributed by atoms with Crippen molar-refractivity contribution in [3.63, 3.8) is 0 Å². The van der Waals surface area contributed by atoms with Crippen molar-refractivity contribution in [1.82, 2.24) is 19.5 Å². The average molecular weight is 276 g/mol. The van der Waals surface area contributed by atoms with E-state index in [0.29, 0.717) is 4.77 Å². The summed E-state index contributed by atoms with van der Waals surface area (Å²) in [5.74, 6) is 0. The smallest absolute Gasteiger partial charge is 0.179 e. The summed E-state index contributed by atoms with van der Waals surface area (Å²) in [4.78, 5) is 13.1. The van der Waals surface area contributed by atoms with Crippen molar-refractivity contribution < 1.29 is 0 Å². The molecule has 0 fully saturated rings. The molecule has 3 aromatic heterocycles. The number of pyridine rings is 1. The summed E-state index contributed by atoms with van der Waals surface area (Å²) in [6, 6.07) is 1.98. The van der Waals surface area contributed by atoms with Crippen LogP contribution in [0.5, 0.6) is 0 Å². The van der Waals surface area contributed by atoms with Crippen molar-refractivity contribution >= 4 is 34.7 Å². The molecule has 0 aliphatic carbocycles. The molecule has 18 heavy (non-hydrogen) atoms. The van der Waals surface area contributed by atoms with Crippen molar-refractivity contribution in [1.29, 1.82) is 0 Å². The molecule has 0 radical (unpaired) electrons. The summed E-state index contributed by atoms with van der Waals surface area (Å²) in [6.07, 6.45) is 1.82. The van der Waals surface area contributed by atoms with Crippen LogP contribution in [0.3, 0.4) is 0 Å². The minimum Gasteiger partial charge on any atom is -0.329 e. The van der Waals surface area contributed by atoms with Gasteiger partial charge in [-0.25, -0.2) is 9.97 Å². The fraction of sp³-hybridized carbons (Fsp3) is 0.250. The Labute approximate surface area is 113 Å². The number of imidazole rings is 1. The second-order valence-electron chi connectivity index (χ2n) is 4.20. The van der Waals surface area contributed by atoms with E-state index in [1.54, 1.807) is 11.3 Å². The molecule has 0 saturated carbocycles. The molecule has 0 bridgehead atoms. The average Bonchev–Trinajstić information content (AvgIpc) is 2.87. The van der Waals surface area contributed by atoms with Crippen LogP contribution in [0.25, 0.3) is 11.2 Å². The van der Waals surface area contributed by atoms with Crippen molar-refractivity contribution in [3.8, 4) is 0 Å². The van der Waals surface area contributed by atoms with Gasteiger partial charge in [0.25, 0.3) is 0 Å². The van der Waals surface area contributed by atoms with Crippen molar-refractivity contribution in [2.45, 2.75) is 20.4 Å². The number of aromatic amines is 1. The van der Waals surface area contributed by atoms with Crippen molar-refractivity contribution in [2.24, 2.45) is 0 Å². The van der Waals surface area contributed by atoms with Crippen LogP contribution in [0.1, 0.15) is 16.1 Å². The maximum atomic E-state index is 5.38. The van der Waals surface area contributed by atoms with Gasteiger partial charge in [-0.1, -0.05) is 0 Å². The minimum absolute atomic E-state index is 0.708. The summed E-state index contributed by atoms with van der Waals surface area (Å²) in [5.41, 5.74) is 6.01. The molecule has 1 N–H and O–H groups in total. The highest BCUT2D eigenvalue weighted by Gasteiger charge is 2.10. The number of hydrogen-bond donors (Lipinski definition) is 1. The molecule has 3 aromatic rings. The standard InChI is InChI=1S/C12H12N4S2/c1-7-3-4-13-11-10(7)15-12(17)16(11)5-9-8(2)14-6-18-9/h3-4,6H,5H2,1-2H3,(H,15,17). The molecule has 0 aliphatic heterocycles. The number of nitrogens with one attached hydrogen (secondary N) is 1. The van der Waals surface area contributed by atoms with Crippen LogP contribution in [0.4, 0.5) is 0 Å². The largest absolute Gasteiger partial charge is 0.329 e. The van der Waals surface area contributed by atoms with Gasteiger partial charge in [0.1, 0.15) is 0 Å². The van der Waals surface area contributed by atoms with Crippen LogP contribution in [0.2, 0.25) is 0 Å². The summed E-state index contributed by atoms with van der Waals surface area (Å²) in [6.45, 7) is 4.80. The molecule has 0 aromatic carbocycles. The number of aryl methyl sites for hydroxylation is 2. The Morgan fingerprint density at radius 1 is 1.39 bits per heavy atom. The van der Waals surface area contributed by atoms with E-state index >= 15 is 0 Å². The zero-order chi connectivity index (χ0) is 12.7. The first kappa shape index (κ1) is 11.6. The fourth-order valence-electron chi connectivity index (χ4n) is 1.94. The van der Waals surface area contributed by atoms with E-state index in [4.69, 9.17) is 12.2 Å². The van der Waals surface area contributed by atoms with Gasteiger partial charge in [0.15, 0.2) is 10.4 Å². The SMILES string of the molecule is Cc1ncsc1Cn1c(=S)[nH]c2c(C)ccnc21. The van der Waals surface area contributed by atoms with Gasteiger partial charge < -0.3 is 4.98 Å². The first-order valence-corrected chi connectivity index (χ1v) is 6.88. The normalized spacial score (nSPS) is 11.2. The van der Waals surface area contributed by atoms with E-state index < -0.39 is 0 Å². The monoisotopic (exact) mass is 276 g/mol. The van der Waals surface area contributed by atoms with Gasteiger partial charge in [0.05, 0.1) is 23.3 Å². The van der Waals surface area contributed by atoms with E-state index in [9.17, 15) is 0 Å². The molecular weight excluding hydrogens is 264 g/mol. The van der Waals surface area contributed by atoms with Gasteiger partial charge in [-0.15, -0.1) is 11.3 Å². The lowest BCUT2D eigenvalue weighted by atomic mass is 10.3. The molecule has 0 spiro atoms. The van der Waals surface area contributed by atoms with Gasteiger partial charge in [0, 0.05) is 11.1 Å². The number of fused-ring (bicyclic) bond motifs is 1. The Morgan fingerprint density at radius 3 is 2.94 bits per heavy atom. The zero-order valence-electron chi connectivity index (χ0n) is 10.1. The second kappa shape index (κ2) is 4.29. The third-order valence-corrected chi connectivity index (χ3v) is 4.26. The van der Waals surface area contributed by atoms with Crippen LogP contribution in [0, 0.1) is 18.6 Å². The topological polar surface area (TPSA) is 46.5 Å². The molecule has 6 heteroatoms. The van der Waals surface area contributed by atoms with Gasteiger partial charge in [0.2, 0.25) is 0 Å². The Hall–Kier alpha value is -1.53. The maximum absolute atomic E-state index is 5.38. The Morgan fingerprint density at radius 2 is 2.22 bits per heavy atom. The first-order chi connectivity index (χ1) is 8.66. The predicted octanol–water partition coefficient (Wildman–Crippen LogP) is 3.22. The van der Waals surface area contributed by atoms with Crippen LogP contribution < -0.4 is 0 Å². The number of thiazole rings is 1. The van der Waals surface area contributed by atoms with E-state index in [2.05, 4.69) is 21.9 Å². The maximum Gasteiger partial charge on any atom is 0.179 e. The minimum atomic E-state index is 0.708. The zero-order valence-corrected chi connectivity index (χ0v) is 11.7. The molecule has 0 atom stereocenters. The van der Waals surface area contributed by atoms with Crippen LogP contribution >= 0.6 is 23.6 Å². The number of hydrogen-bond acceptors (Lipinski definition) is 4. The molecular formula is C12H12N4S2. The Kier molecular flexibility index (Phi) is 2.76. The van der Waals surface area contributed by atoms with Crippen molar-refractivity contribution in [2.75, 3.05) is 0 Å². The molecule has 0 aliphatic rings. The van der Waals surface area contributed by atoms with E-state index in [1.165, 1.54) is 4.88 Å². The number of H-pyrrole nitrogens is 1. The molecule has 3 rings (SSSR count). The van der Waals surface area contributed by atoms with Crippen molar-refractivity contribution in [3.05, 3.63) is 38.7 Å². The lowest BCUT2D eigenvalue weighted by Gasteiger charge is -2.02. The van der Waals surface area contributed by atoms with E-state index in [0.717, 1.165) is 29.0 Å². The lowest BCUT2D eigenvalue weighted by molar-refractivity contribution is 0.805.